The second kappa shape index (κ2) is 6.49. The van der Waals surface area contributed by atoms with Gasteiger partial charge in [0.2, 0.25) is 5.91 Å². The fraction of sp³-hybridized carbons (Fsp3) is 0.417. The number of nitrogens with two attached hydrogens (primary N) is 1. The lowest BCUT2D eigenvalue weighted by molar-refractivity contribution is -0.122. The number of nitrogens with zero attached hydrogens (tertiary/aromatic N) is 3. The van der Waals surface area contributed by atoms with E-state index in [-0.39, 0.29) is 6.61 Å². The first-order valence-electron chi connectivity index (χ1n) is 5.94. The summed E-state index contributed by atoms with van der Waals surface area (Å²) in [5, 5.41) is 0. The number of aryl methyl sites for hydroxylation is 1. The first kappa shape index (κ1) is 13.8. The van der Waals surface area contributed by atoms with Crippen molar-refractivity contribution in [3.63, 3.8) is 0 Å². The highest BCUT2D eigenvalue weighted by atomic mass is 35.5. The van der Waals surface area contributed by atoms with E-state index in [1.54, 1.807) is 6.20 Å². The lowest BCUT2D eigenvalue weighted by Crippen LogP contribution is -2.20. The number of fused-ring (bicyclic) bond motifs is 1. The Morgan fingerprint density at radius 3 is 3.11 bits per heavy atom. The average molecular weight is 283 g/mol. The van der Waals surface area contributed by atoms with E-state index in [0.29, 0.717) is 25.5 Å². The third kappa shape index (κ3) is 3.42. The van der Waals surface area contributed by atoms with Crippen LogP contribution in [0.1, 0.15) is 5.82 Å². The lowest BCUT2D eigenvalue weighted by atomic mass is 10.4. The minimum Gasteiger partial charge on any atom is -0.370 e. The summed E-state index contributed by atoms with van der Waals surface area (Å²) in [5.41, 5.74) is 6.63. The first-order chi connectivity index (χ1) is 9.22. The molecule has 0 aliphatic heterocycles. The summed E-state index contributed by atoms with van der Waals surface area (Å²) in [6, 6.07) is 3.74. The zero-order valence-electron chi connectivity index (χ0n) is 10.4. The first-order valence-corrected chi connectivity index (χ1v) is 6.48. The zero-order valence-corrected chi connectivity index (χ0v) is 11.1. The Morgan fingerprint density at radius 1 is 1.53 bits per heavy atom. The highest BCUT2D eigenvalue weighted by molar-refractivity contribution is 6.17. The SMILES string of the molecule is NC(=O)COCCn1c(CCCl)nc2cccnc21. The number of halogens is 1. The number of imidazole rings is 1. The number of hydrogen-bond donors (Lipinski definition) is 1. The van der Waals surface area contributed by atoms with Crippen molar-refractivity contribution < 1.29 is 9.53 Å². The molecule has 1 amide bonds. The summed E-state index contributed by atoms with van der Waals surface area (Å²) in [6.07, 6.45) is 2.38. The number of alkyl halides is 1. The molecule has 0 unspecified atom stereocenters. The fourth-order valence-electron chi connectivity index (χ4n) is 1.84. The normalized spacial score (nSPS) is 11.0. The van der Waals surface area contributed by atoms with E-state index in [2.05, 4.69) is 9.97 Å². The van der Waals surface area contributed by atoms with Crippen LogP contribution in [0.15, 0.2) is 18.3 Å². The third-order valence-electron chi connectivity index (χ3n) is 2.60. The summed E-state index contributed by atoms with van der Waals surface area (Å²) < 4.78 is 7.12. The summed E-state index contributed by atoms with van der Waals surface area (Å²) >= 11 is 5.77. The summed E-state index contributed by atoms with van der Waals surface area (Å²) in [4.78, 5) is 19.4. The minimum absolute atomic E-state index is 0.0785. The Kier molecular flexibility index (Phi) is 4.70. The molecule has 0 radical (unpaired) electrons. The maximum absolute atomic E-state index is 10.6. The summed E-state index contributed by atoms with van der Waals surface area (Å²) in [7, 11) is 0. The number of ether oxygens (including phenoxy) is 1. The van der Waals surface area contributed by atoms with E-state index in [0.717, 1.165) is 17.0 Å². The van der Waals surface area contributed by atoms with Crippen molar-refractivity contribution in [2.45, 2.75) is 13.0 Å². The van der Waals surface area contributed by atoms with Gasteiger partial charge in [0.05, 0.1) is 6.61 Å². The molecule has 0 saturated carbocycles. The Hall–Kier alpha value is -1.66. The molecule has 0 atom stereocenters. The highest BCUT2D eigenvalue weighted by Crippen LogP contribution is 2.14. The van der Waals surface area contributed by atoms with E-state index in [1.165, 1.54) is 0 Å². The maximum atomic E-state index is 10.6. The van der Waals surface area contributed by atoms with E-state index in [9.17, 15) is 4.79 Å². The van der Waals surface area contributed by atoms with Crippen LogP contribution >= 0.6 is 11.6 Å². The molecule has 0 aliphatic carbocycles. The second-order valence-electron chi connectivity index (χ2n) is 3.98. The van der Waals surface area contributed by atoms with Gasteiger partial charge < -0.3 is 15.0 Å². The van der Waals surface area contributed by atoms with E-state index < -0.39 is 5.91 Å². The predicted octanol–water partition coefficient (Wildman–Crippen LogP) is 0.714. The molecular formula is C12H15ClN4O2. The van der Waals surface area contributed by atoms with Crippen LogP contribution in [0, 0.1) is 0 Å². The molecule has 6 nitrogen and oxygen atoms in total. The number of pyridine rings is 1. The number of carbonyl (C=O) groups is 1. The molecular weight excluding hydrogens is 268 g/mol. The quantitative estimate of drug-likeness (QED) is 0.599. The molecule has 2 aromatic heterocycles. The summed E-state index contributed by atoms with van der Waals surface area (Å²) in [5.74, 6) is 0.881. The molecule has 2 heterocycles. The molecule has 7 heteroatoms. The maximum Gasteiger partial charge on any atom is 0.243 e. The van der Waals surface area contributed by atoms with Gasteiger partial charge in [-0.15, -0.1) is 11.6 Å². The van der Waals surface area contributed by atoms with Gasteiger partial charge in [-0.25, -0.2) is 9.97 Å². The van der Waals surface area contributed by atoms with Crippen molar-refractivity contribution in [1.29, 1.82) is 0 Å². The molecule has 2 rings (SSSR count). The molecule has 2 N–H and O–H groups in total. The van der Waals surface area contributed by atoms with Gasteiger partial charge in [0.15, 0.2) is 5.65 Å². The minimum atomic E-state index is -0.477. The van der Waals surface area contributed by atoms with Gasteiger partial charge in [0, 0.05) is 25.0 Å². The fourth-order valence-corrected chi connectivity index (χ4v) is 2.01. The van der Waals surface area contributed by atoms with Crippen molar-refractivity contribution in [2.75, 3.05) is 19.1 Å². The van der Waals surface area contributed by atoms with Gasteiger partial charge >= 0.3 is 0 Å². The Labute approximate surface area is 115 Å². The monoisotopic (exact) mass is 282 g/mol. The molecule has 102 valence electrons. The molecule has 0 spiro atoms. The smallest absolute Gasteiger partial charge is 0.243 e. The van der Waals surface area contributed by atoms with Crippen LogP contribution in [-0.4, -0.2) is 39.5 Å². The number of aromatic nitrogens is 3. The number of amides is 1. The van der Waals surface area contributed by atoms with Crippen LogP contribution in [0.25, 0.3) is 11.2 Å². The number of primary amides is 1. The second-order valence-corrected chi connectivity index (χ2v) is 4.36. The van der Waals surface area contributed by atoms with E-state index >= 15 is 0 Å². The number of hydrogen-bond acceptors (Lipinski definition) is 4. The molecule has 0 saturated heterocycles. The molecule has 0 fully saturated rings. The van der Waals surface area contributed by atoms with Crippen LogP contribution in [-0.2, 0) is 22.5 Å². The molecule has 0 aromatic carbocycles. The standard InChI is InChI=1S/C12H15ClN4O2/c13-4-3-11-16-9-2-1-5-15-12(9)17(11)6-7-19-8-10(14)18/h1-2,5H,3-4,6-8H2,(H2,14,18). The topological polar surface area (TPSA) is 83.0 Å². The van der Waals surface area contributed by atoms with Crippen LogP contribution in [0.4, 0.5) is 0 Å². The van der Waals surface area contributed by atoms with Gasteiger partial charge in [0.1, 0.15) is 17.9 Å². The largest absolute Gasteiger partial charge is 0.370 e. The Balaban J connectivity index is 2.14. The van der Waals surface area contributed by atoms with Crippen molar-refractivity contribution >= 4 is 28.7 Å². The van der Waals surface area contributed by atoms with Crippen molar-refractivity contribution in [3.8, 4) is 0 Å². The molecule has 19 heavy (non-hydrogen) atoms. The van der Waals surface area contributed by atoms with Crippen LogP contribution < -0.4 is 5.73 Å². The molecule has 0 bridgehead atoms. The molecule has 2 aromatic rings. The predicted molar refractivity (Wildman–Crippen MR) is 72.0 cm³/mol. The zero-order chi connectivity index (χ0) is 13.7. The van der Waals surface area contributed by atoms with Gasteiger partial charge in [-0.3, -0.25) is 4.79 Å². The van der Waals surface area contributed by atoms with Crippen LogP contribution in [0.5, 0.6) is 0 Å². The van der Waals surface area contributed by atoms with Crippen molar-refractivity contribution in [1.82, 2.24) is 14.5 Å². The lowest BCUT2D eigenvalue weighted by Gasteiger charge is -2.07. The van der Waals surface area contributed by atoms with Crippen LogP contribution in [0.2, 0.25) is 0 Å². The third-order valence-corrected chi connectivity index (χ3v) is 2.79. The molecule has 0 aliphatic rings. The van der Waals surface area contributed by atoms with E-state index in [4.69, 9.17) is 22.1 Å². The van der Waals surface area contributed by atoms with Crippen molar-refractivity contribution in [3.05, 3.63) is 24.2 Å². The number of rotatable bonds is 7. The van der Waals surface area contributed by atoms with Gasteiger partial charge in [-0.2, -0.15) is 0 Å². The highest BCUT2D eigenvalue weighted by Gasteiger charge is 2.10. The Bertz CT molecular complexity index is 570. The average Bonchev–Trinajstić information content (AvgIpc) is 2.73. The van der Waals surface area contributed by atoms with Gasteiger partial charge in [0.25, 0.3) is 0 Å². The van der Waals surface area contributed by atoms with Gasteiger partial charge in [-0.05, 0) is 12.1 Å². The van der Waals surface area contributed by atoms with Crippen LogP contribution in [0.3, 0.4) is 0 Å². The van der Waals surface area contributed by atoms with Crippen molar-refractivity contribution in [2.24, 2.45) is 5.73 Å². The summed E-state index contributed by atoms with van der Waals surface area (Å²) in [6.45, 7) is 0.859. The van der Waals surface area contributed by atoms with Gasteiger partial charge in [-0.1, -0.05) is 0 Å². The number of carbonyl (C=O) groups excluding carboxylic acids is 1. The van der Waals surface area contributed by atoms with E-state index in [1.807, 2.05) is 16.7 Å². The Morgan fingerprint density at radius 2 is 2.37 bits per heavy atom.